The number of hydrogen-bond acceptors (Lipinski definition) is 3. The van der Waals surface area contributed by atoms with Crippen molar-refractivity contribution in [1.82, 2.24) is 0 Å². The highest BCUT2D eigenvalue weighted by molar-refractivity contribution is 7.00. The molecule has 0 amide bonds. The summed E-state index contributed by atoms with van der Waals surface area (Å²) in [6.45, 7) is 49.3. The van der Waals surface area contributed by atoms with E-state index in [4.69, 9.17) is 4.42 Å². The van der Waals surface area contributed by atoms with Gasteiger partial charge in [0.15, 0.2) is 0 Å². The van der Waals surface area contributed by atoms with Crippen LogP contribution in [0.3, 0.4) is 0 Å². The molecule has 2 aliphatic heterocycles. The third-order valence-corrected chi connectivity index (χ3v) is 22.3. The number of rotatable bonds is 8. The van der Waals surface area contributed by atoms with Crippen LogP contribution in [0.5, 0.6) is 0 Å². The molecule has 2 aliphatic rings. The van der Waals surface area contributed by atoms with Gasteiger partial charge in [-0.3, -0.25) is 0 Å². The number of para-hydroxylation sites is 1. The van der Waals surface area contributed by atoms with E-state index in [1.807, 2.05) is 0 Å². The summed E-state index contributed by atoms with van der Waals surface area (Å²) in [6, 6.07) is 94.4. The van der Waals surface area contributed by atoms with Crippen LogP contribution in [0.15, 0.2) is 247 Å². The average molecular weight is 1360 g/mol. The van der Waals surface area contributed by atoms with Crippen LogP contribution in [0.4, 0.5) is 34.1 Å². The summed E-state index contributed by atoms with van der Waals surface area (Å²) >= 11 is 0. The summed E-state index contributed by atoms with van der Waals surface area (Å²) in [5.74, 6) is 0. The lowest BCUT2D eigenvalue weighted by atomic mass is 9.33. The van der Waals surface area contributed by atoms with Crippen molar-refractivity contribution in [2.75, 3.05) is 9.80 Å². The molecule has 3 nitrogen and oxygen atoms in total. The monoisotopic (exact) mass is 1360 g/mol. The van der Waals surface area contributed by atoms with E-state index in [9.17, 15) is 0 Å². The lowest BCUT2D eigenvalue weighted by Crippen LogP contribution is -2.61. The third kappa shape index (κ3) is 12.6. The maximum absolute atomic E-state index is 7.12. The molecule has 0 unspecified atom stereocenters. The Morgan fingerprint density at radius 2 is 0.558 bits per heavy atom. The Labute approximate surface area is 621 Å². The van der Waals surface area contributed by atoms with E-state index in [-0.39, 0.29) is 44.6 Å². The van der Waals surface area contributed by atoms with E-state index in [2.05, 4.69) is 398 Å². The van der Waals surface area contributed by atoms with Gasteiger partial charge in [0.25, 0.3) is 6.71 Å². The maximum atomic E-state index is 7.12. The largest absolute Gasteiger partial charge is 0.456 e. The standard InChI is InChI=1S/C100H103BN2O/c1-94(2,3)71-47-67(48-72(57-71)95(4,5)6)65-41-44-82-84(53-65)102(92-80(63-35-27-23-28-36-63)60-77(100(19,20)21)61-81(92)64-37-29-24-30-38-64)86-55-70(69-51-75(98(13,14)15)59-76(52-69)99(16,17)18)56-87-91(86)101(82)83-45-42-66(68-49-73(96(7,8)9)58-74(50-68)97(10,11)12)54-85(83)103(87)93-78(62-33-25-22-26-34-62)43-46-89-90(93)79-39-31-32-40-88(79)104-89/h22-61H,1-21H3. The fourth-order valence-corrected chi connectivity index (χ4v) is 15.8. The quantitative estimate of drug-likeness (QED) is 0.141. The highest BCUT2D eigenvalue weighted by Gasteiger charge is 2.46. The summed E-state index contributed by atoms with van der Waals surface area (Å²) in [6.07, 6.45) is 0. The van der Waals surface area contributed by atoms with Crippen molar-refractivity contribution < 1.29 is 4.42 Å². The normalized spacial score (nSPS) is 13.6. The minimum atomic E-state index is -0.243. The van der Waals surface area contributed by atoms with Gasteiger partial charge in [0.2, 0.25) is 0 Å². The zero-order valence-electron chi connectivity index (χ0n) is 65.5. The third-order valence-electron chi connectivity index (χ3n) is 22.3. The van der Waals surface area contributed by atoms with Crippen LogP contribution in [0.1, 0.15) is 184 Å². The Morgan fingerprint density at radius 3 is 0.942 bits per heavy atom. The first-order valence-electron chi connectivity index (χ1n) is 37.8. The van der Waals surface area contributed by atoms with E-state index in [1.165, 1.54) is 94.3 Å². The Bertz CT molecular complexity index is 5370. The van der Waals surface area contributed by atoms with Gasteiger partial charge in [0.05, 0.1) is 16.8 Å². The molecular weight excluding hydrogens is 1260 g/mol. The molecule has 4 heteroatoms. The Hall–Kier alpha value is -9.90. The number of benzene rings is 12. The van der Waals surface area contributed by atoms with Gasteiger partial charge >= 0.3 is 0 Å². The Balaban J connectivity index is 1.18. The van der Waals surface area contributed by atoms with Crippen LogP contribution >= 0.6 is 0 Å². The van der Waals surface area contributed by atoms with Gasteiger partial charge < -0.3 is 14.2 Å². The van der Waals surface area contributed by atoms with E-state index < -0.39 is 0 Å². The molecule has 1 aromatic heterocycles. The number of fused-ring (bicyclic) bond motifs is 7. The molecule has 13 aromatic rings. The van der Waals surface area contributed by atoms with Crippen molar-refractivity contribution in [3.8, 4) is 66.8 Å². The fraction of sp³-hybridized carbons (Fsp3) is 0.280. The van der Waals surface area contributed by atoms with Gasteiger partial charge in [-0.15, -0.1) is 0 Å². The summed E-state index contributed by atoms with van der Waals surface area (Å²) < 4.78 is 7.12. The highest BCUT2D eigenvalue weighted by Crippen LogP contribution is 2.56. The zero-order valence-corrected chi connectivity index (χ0v) is 65.5. The molecule has 0 spiro atoms. The average Bonchev–Trinajstić information content (AvgIpc) is 0.846. The molecule has 104 heavy (non-hydrogen) atoms. The van der Waals surface area contributed by atoms with Crippen molar-refractivity contribution in [3.63, 3.8) is 0 Å². The predicted octanol–water partition coefficient (Wildman–Crippen LogP) is 26.8. The number of hydrogen-bond donors (Lipinski definition) is 0. The van der Waals surface area contributed by atoms with Crippen LogP contribution in [0, 0.1) is 0 Å². The molecule has 0 saturated carbocycles. The topological polar surface area (TPSA) is 19.6 Å². The Morgan fingerprint density at radius 1 is 0.240 bits per heavy atom. The molecule has 0 atom stereocenters. The molecule has 0 saturated heterocycles. The summed E-state index contributed by atoms with van der Waals surface area (Å²) in [5, 5.41) is 2.15. The summed E-state index contributed by atoms with van der Waals surface area (Å²) in [4.78, 5) is 5.46. The summed E-state index contributed by atoms with van der Waals surface area (Å²) in [5.41, 5.74) is 34.5. The maximum Gasteiger partial charge on any atom is 0.252 e. The minimum Gasteiger partial charge on any atom is -0.456 e. The predicted molar refractivity (Wildman–Crippen MR) is 451 cm³/mol. The molecule has 0 aliphatic carbocycles. The lowest BCUT2D eigenvalue weighted by Gasteiger charge is -2.46. The van der Waals surface area contributed by atoms with E-state index in [1.54, 1.807) is 0 Å². The van der Waals surface area contributed by atoms with Crippen LogP contribution in [-0.4, -0.2) is 6.71 Å². The van der Waals surface area contributed by atoms with Crippen LogP contribution in [0.2, 0.25) is 0 Å². The van der Waals surface area contributed by atoms with Crippen molar-refractivity contribution in [2.45, 2.75) is 183 Å². The van der Waals surface area contributed by atoms with Crippen LogP contribution in [-0.2, 0) is 37.9 Å². The minimum absolute atomic E-state index is 0.102. The van der Waals surface area contributed by atoms with Gasteiger partial charge in [0.1, 0.15) is 11.2 Å². The molecular formula is C100H103BN2O. The van der Waals surface area contributed by atoms with Crippen molar-refractivity contribution >= 4 is 79.2 Å². The highest BCUT2D eigenvalue weighted by atomic mass is 16.3. The lowest BCUT2D eigenvalue weighted by molar-refractivity contribution is 0.568. The van der Waals surface area contributed by atoms with Gasteiger partial charge in [-0.2, -0.15) is 0 Å². The van der Waals surface area contributed by atoms with Crippen LogP contribution in [0.25, 0.3) is 88.7 Å². The van der Waals surface area contributed by atoms with E-state index in [0.29, 0.717) is 0 Å². The van der Waals surface area contributed by atoms with Crippen molar-refractivity contribution in [1.29, 1.82) is 0 Å². The van der Waals surface area contributed by atoms with E-state index >= 15 is 0 Å². The van der Waals surface area contributed by atoms with Crippen LogP contribution < -0.4 is 26.2 Å². The number of anilines is 6. The molecule has 0 bridgehead atoms. The molecule has 12 aromatic carbocycles. The second-order valence-electron chi connectivity index (χ2n) is 37.2. The Kier molecular flexibility index (Phi) is 16.7. The van der Waals surface area contributed by atoms with Gasteiger partial charge in [-0.1, -0.05) is 333 Å². The molecule has 0 fully saturated rings. The van der Waals surface area contributed by atoms with Gasteiger partial charge in [-0.05, 0) is 198 Å². The molecule has 0 radical (unpaired) electrons. The van der Waals surface area contributed by atoms with Crippen molar-refractivity contribution in [3.05, 3.63) is 282 Å². The van der Waals surface area contributed by atoms with E-state index in [0.717, 1.165) is 83.9 Å². The number of furan rings is 1. The SMILES string of the molecule is CC(C)(C)c1cc(-c2ccc3c(c2)N(c2c(-c4ccccc4)cc(C(C)(C)C)cc2-c2ccccc2)c2cc(-c4cc(C(C)(C)C)cc(C(C)(C)C)c4)cc4c2B3c2ccc(-c3cc(C(C)(C)C)cc(C(C)(C)C)c3)cc2N4c2c(-c3ccccc3)ccc3oc4ccccc4c23)cc(C(C)(C)C)c1. The number of nitrogens with zero attached hydrogens (tertiary/aromatic N) is 2. The smallest absolute Gasteiger partial charge is 0.252 e. The first-order valence-corrected chi connectivity index (χ1v) is 37.8. The van der Waals surface area contributed by atoms with Gasteiger partial charge in [-0.25, -0.2) is 0 Å². The molecule has 15 rings (SSSR count). The molecule has 3 heterocycles. The first kappa shape index (κ1) is 69.8. The molecule has 0 N–H and O–H groups in total. The second-order valence-corrected chi connectivity index (χ2v) is 37.2. The van der Waals surface area contributed by atoms with Gasteiger partial charge in [0, 0.05) is 44.8 Å². The molecule has 522 valence electrons. The zero-order chi connectivity index (χ0) is 73.7. The fourth-order valence-electron chi connectivity index (χ4n) is 15.8. The second kappa shape index (κ2) is 24.9. The van der Waals surface area contributed by atoms with Crippen molar-refractivity contribution in [2.24, 2.45) is 0 Å². The summed E-state index contributed by atoms with van der Waals surface area (Å²) in [7, 11) is 0. The first-order chi connectivity index (χ1) is 49.0.